The summed E-state index contributed by atoms with van der Waals surface area (Å²) in [7, 11) is 1.63. The van der Waals surface area contributed by atoms with E-state index < -0.39 is 0 Å². The highest BCUT2D eigenvalue weighted by atomic mass is 16.5. The third-order valence-corrected chi connectivity index (χ3v) is 6.35. The van der Waals surface area contributed by atoms with Crippen molar-refractivity contribution in [3.05, 3.63) is 54.7 Å². The molecule has 0 unspecified atom stereocenters. The van der Waals surface area contributed by atoms with Gasteiger partial charge in [-0.1, -0.05) is 24.3 Å². The van der Waals surface area contributed by atoms with Crippen LogP contribution in [0.15, 0.2) is 54.7 Å². The molecule has 2 aromatic carbocycles. The summed E-state index contributed by atoms with van der Waals surface area (Å²) in [5.41, 5.74) is 2.27. The van der Waals surface area contributed by atoms with Gasteiger partial charge in [0.25, 0.3) is 5.91 Å². The van der Waals surface area contributed by atoms with Gasteiger partial charge in [-0.3, -0.25) is 4.79 Å². The minimum atomic E-state index is -0.229. The second-order valence-corrected chi connectivity index (χ2v) is 8.46. The van der Waals surface area contributed by atoms with Gasteiger partial charge in [-0.2, -0.15) is 0 Å². The molecule has 2 saturated heterocycles. The van der Waals surface area contributed by atoms with E-state index >= 15 is 0 Å². The highest BCUT2D eigenvalue weighted by Crippen LogP contribution is 2.28. The smallest absolute Gasteiger partial charge is 0.251 e. The average Bonchev–Trinajstić information content (AvgIpc) is 3.39. The molecule has 3 heterocycles. The molecule has 1 aromatic heterocycles. The Kier molecular flexibility index (Phi) is 5.95. The molecule has 3 aromatic rings. The lowest BCUT2D eigenvalue weighted by molar-refractivity contribution is -0.142. The molecule has 0 spiro atoms. The Morgan fingerprint density at radius 3 is 2.50 bits per heavy atom. The molecule has 0 bridgehead atoms. The maximum atomic E-state index is 12.5. The van der Waals surface area contributed by atoms with Crippen LogP contribution in [0.5, 0.6) is 11.6 Å². The summed E-state index contributed by atoms with van der Waals surface area (Å²) in [6.07, 6.45) is 5.26. The maximum absolute atomic E-state index is 12.5. The first kappa shape index (κ1) is 20.8. The lowest BCUT2D eigenvalue weighted by Crippen LogP contribution is -2.45. The number of amides is 1. The molecule has 2 fully saturated rings. The van der Waals surface area contributed by atoms with Crippen molar-refractivity contribution in [3.8, 4) is 22.8 Å². The van der Waals surface area contributed by atoms with Crippen LogP contribution in [0, 0.1) is 0 Å². The minimum Gasteiger partial charge on any atom is -0.490 e. The standard InChI is InChI=1S/C26H28N2O4/c1-30-25-16-21-15-19(4-5-20(21)17-27-25)18-6-8-22(9-7-18)32-23-10-12-28(13-11-23)26(29)24-3-2-14-31-24/h4-9,15-17,23-24H,2-3,10-14H2,1H3/t24-/m1/s1. The highest BCUT2D eigenvalue weighted by Gasteiger charge is 2.31. The molecule has 5 rings (SSSR count). The third kappa shape index (κ3) is 4.41. The fourth-order valence-electron chi connectivity index (χ4n) is 4.50. The van der Waals surface area contributed by atoms with E-state index in [1.165, 1.54) is 0 Å². The Hall–Kier alpha value is -3.12. The largest absolute Gasteiger partial charge is 0.490 e. The zero-order valence-electron chi connectivity index (χ0n) is 18.3. The van der Waals surface area contributed by atoms with E-state index in [0.717, 1.165) is 66.4 Å². The van der Waals surface area contributed by atoms with Gasteiger partial charge in [0.15, 0.2) is 0 Å². The van der Waals surface area contributed by atoms with Crippen molar-refractivity contribution in [3.63, 3.8) is 0 Å². The summed E-state index contributed by atoms with van der Waals surface area (Å²) in [5.74, 6) is 1.63. The number of piperidine rings is 1. The second kappa shape index (κ2) is 9.17. The Labute approximate surface area is 188 Å². The van der Waals surface area contributed by atoms with E-state index in [-0.39, 0.29) is 18.1 Å². The topological polar surface area (TPSA) is 60.9 Å². The molecule has 1 atom stereocenters. The number of likely N-dealkylation sites (tertiary alicyclic amines) is 1. The summed E-state index contributed by atoms with van der Waals surface area (Å²) in [5, 5.41) is 2.18. The van der Waals surface area contributed by atoms with E-state index in [1.54, 1.807) is 7.11 Å². The summed E-state index contributed by atoms with van der Waals surface area (Å²) >= 11 is 0. The van der Waals surface area contributed by atoms with Gasteiger partial charge in [-0.05, 0) is 47.6 Å². The number of hydrogen-bond donors (Lipinski definition) is 0. The van der Waals surface area contributed by atoms with Gasteiger partial charge >= 0.3 is 0 Å². The van der Waals surface area contributed by atoms with Gasteiger partial charge < -0.3 is 19.1 Å². The number of ether oxygens (including phenoxy) is 3. The van der Waals surface area contributed by atoms with E-state index in [9.17, 15) is 4.79 Å². The molecule has 1 amide bonds. The molecule has 6 nitrogen and oxygen atoms in total. The Balaban J connectivity index is 1.20. The summed E-state index contributed by atoms with van der Waals surface area (Å²) in [4.78, 5) is 18.7. The fourth-order valence-corrected chi connectivity index (χ4v) is 4.50. The van der Waals surface area contributed by atoms with Crippen LogP contribution in [0.1, 0.15) is 25.7 Å². The van der Waals surface area contributed by atoms with Gasteiger partial charge in [-0.25, -0.2) is 4.98 Å². The molecular formula is C26H28N2O4. The monoisotopic (exact) mass is 432 g/mol. The van der Waals surface area contributed by atoms with Gasteiger partial charge in [0.1, 0.15) is 18.0 Å². The molecule has 6 heteroatoms. The average molecular weight is 433 g/mol. The predicted octanol–water partition coefficient (Wildman–Crippen LogP) is 4.46. The quantitative estimate of drug-likeness (QED) is 0.596. The van der Waals surface area contributed by atoms with Gasteiger partial charge in [0.2, 0.25) is 5.88 Å². The molecule has 0 radical (unpaired) electrons. The third-order valence-electron chi connectivity index (χ3n) is 6.35. The number of rotatable bonds is 5. The number of benzene rings is 2. The van der Waals surface area contributed by atoms with Gasteiger partial charge in [0, 0.05) is 50.2 Å². The number of hydrogen-bond acceptors (Lipinski definition) is 5. The lowest BCUT2D eigenvalue weighted by Gasteiger charge is -2.33. The number of pyridine rings is 1. The van der Waals surface area contributed by atoms with Crippen LogP contribution in [0.4, 0.5) is 0 Å². The van der Waals surface area contributed by atoms with Crippen LogP contribution in [0.25, 0.3) is 21.9 Å². The van der Waals surface area contributed by atoms with Crippen molar-refractivity contribution in [2.45, 2.75) is 37.9 Å². The summed E-state index contributed by atoms with van der Waals surface area (Å²) in [6.45, 7) is 2.17. The van der Waals surface area contributed by atoms with Crippen LogP contribution in [0.3, 0.4) is 0 Å². The Morgan fingerprint density at radius 2 is 1.78 bits per heavy atom. The van der Waals surface area contributed by atoms with Crippen LogP contribution in [0.2, 0.25) is 0 Å². The summed E-state index contributed by atoms with van der Waals surface area (Å²) < 4.78 is 17.0. The molecule has 32 heavy (non-hydrogen) atoms. The van der Waals surface area contributed by atoms with Gasteiger partial charge in [0.05, 0.1) is 7.11 Å². The number of carbonyl (C=O) groups is 1. The number of methoxy groups -OCH3 is 1. The van der Waals surface area contributed by atoms with Crippen molar-refractivity contribution in [1.29, 1.82) is 0 Å². The zero-order valence-corrected chi connectivity index (χ0v) is 18.3. The first-order valence-electron chi connectivity index (χ1n) is 11.3. The fraction of sp³-hybridized carbons (Fsp3) is 0.385. The number of carbonyl (C=O) groups excluding carboxylic acids is 1. The molecule has 0 saturated carbocycles. The van der Waals surface area contributed by atoms with E-state index in [0.29, 0.717) is 12.5 Å². The van der Waals surface area contributed by atoms with Crippen LogP contribution >= 0.6 is 0 Å². The van der Waals surface area contributed by atoms with E-state index in [2.05, 4.69) is 35.3 Å². The first-order valence-corrected chi connectivity index (χ1v) is 11.3. The minimum absolute atomic E-state index is 0.134. The first-order chi connectivity index (χ1) is 15.7. The number of nitrogens with zero attached hydrogens (tertiary/aromatic N) is 2. The molecule has 166 valence electrons. The SMILES string of the molecule is COc1cc2cc(-c3ccc(OC4CCN(C(=O)[C@H]5CCCO5)CC4)cc3)ccc2cn1. The van der Waals surface area contributed by atoms with E-state index in [4.69, 9.17) is 14.2 Å². The second-order valence-electron chi connectivity index (χ2n) is 8.46. The van der Waals surface area contributed by atoms with Crippen molar-refractivity contribution in [1.82, 2.24) is 9.88 Å². The van der Waals surface area contributed by atoms with Crippen molar-refractivity contribution < 1.29 is 19.0 Å². The normalized spacial score (nSPS) is 19.3. The Bertz CT molecular complexity index is 1080. The van der Waals surface area contributed by atoms with E-state index in [1.807, 2.05) is 29.3 Å². The van der Waals surface area contributed by atoms with Crippen molar-refractivity contribution in [2.24, 2.45) is 0 Å². The van der Waals surface area contributed by atoms with Crippen LogP contribution < -0.4 is 9.47 Å². The molecule has 0 N–H and O–H groups in total. The molecule has 0 aliphatic carbocycles. The van der Waals surface area contributed by atoms with Crippen molar-refractivity contribution in [2.75, 3.05) is 26.8 Å². The van der Waals surface area contributed by atoms with Crippen LogP contribution in [-0.2, 0) is 9.53 Å². The maximum Gasteiger partial charge on any atom is 0.251 e. The molecule has 2 aliphatic rings. The van der Waals surface area contributed by atoms with Crippen molar-refractivity contribution >= 4 is 16.7 Å². The number of aromatic nitrogens is 1. The predicted molar refractivity (Wildman–Crippen MR) is 123 cm³/mol. The number of fused-ring (bicyclic) bond motifs is 1. The molecular weight excluding hydrogens is 404 g/mol. The summed E-state index contributed by atoms with van der Waals surface area (Å²) in [6, 6.07) is 16.5. The zero-order chi connectivity index (χ0) is 21.9. The lowest BCUT2D eigenvalue weighted by atomic mass is 10.0. The highest BCUT2D eigenvalue weighted by molar-refractivity contribution is 5.87. The molecule has 2 aliphatic heterocycles. The Morgan fingerprint density at radius 1 is 1.00 bits per heavy atom. The van der Waals surface area contributed by atoms with Gasteiger partial charge in [-0.15, -0.1) is 0 Å². The van der Waals surface area contributed by atoms with Crippen LogP contribution in [-0.4, -0.2) is 54.8 Å².